The Balaban J connectivity index is 1.79. The molecular weight excluding hydrogens is 509 g/mol. The van der Waals surface area contributed by atoms with Gasteiger partial charge in [-0.15, -0.1) is 0 Å². The first-order valence-corrected chi connectivity index (χ1v) is 12.8. The summed E-state index contributed by atoms with van der Waals surface area (Å²) in [5.74, 6) is 0.624. The smallest absolute Gasteiger partial charge is 0.274 e. The van der Waals surface area contributed by atoms with E-state index in [1.165, 1.54) is 0 Å². The third-order valence-corrected chi connectivity index (χ3v) is 7.34. The number of rotatable bonds is 4. The van der Waals surface area contributed by atoms with Crippen molar-refractivity contribution in [2.45, 2.75) is 39.2 Å². The predicted molar refractivity (Wildman–Crippen MR) is 147 cm³/mol. The summed E-state index contributed by atoms with van der Waals surface area (Å²) >= 11 is 12.8. The number of methoxy groups -OCH3 is 1. The summed E-state index contributed by atoms with van der Waals surface area (Å²) in [6, 6.07) is 11.4. The molecule has 1 amide bonds. The van der Waals surface area contributed by atoms with Crippen molar-refractivity contribution in [1.82, 2.24) is 24.5 Å². The number of carbonyl (C=O) groups is 1. The molecule has 37 heavy (non-hydrogen) atoms. The molecule has 0 radical (unpaired) electrons. The minimum Gasteiger partial charge on any atom is -0.496 e. The Morgan fingerprint density at radius 3 is 2.32 bits per heavy atom. The quantitative estimate of drug-likeness (QED) is 0.309. The van der Waals surface area contributed by atoms with Gasteiger partial charge in [-0.3, -0.25) is 9.48 Å². The zero-order valence-electron chi connectivity index (χ0n) is 21.8. The predicted octanol–water partition coefficient (Wildman–Crippen LogP) is 6.22. The molecular formula is C28H29Cl2N5O2. The van der Waals surface area contributed by atoms with Gasteiger partial charge in [0.15, 0.2) is 5.69 Å². The van der Waals surface area contributed by atoms with E-state index in [2.05, 4.69) is 17.2 Å². The van der Waals surface area contributed by atoms with E-state index in [1.54, 1.807) is 39.6 Å². The topological polar surface area (TPSA) is 65.2 Å². The molecule has 5 rings (SSSR count). The summed E-state index contributed by atoms with van der Waals surface area (Å²) in [4.78, 5) is 15.4. The zero-order chi connectivity index (χ0) is 26.6. The highest BCUT2D eigenvalue weighted by Gasteiger charge is 2.34. The average Bonchev–Trinajstić information content (AvgIpc) is 3.45. The number of benzene rings is 2. The van der Waals surface area contributed by atoms with Gasteiger partial charge in [0.2, 0.25) is 0 Å². The van der Waals surface area contributed by atoms with E-state index in [-0.39, 0.29) is 11.4 Å². The molecule has 0 aliphatic heterocycles. The molecule has 0 unspecified atom stereocenters. The van der Waals surface area contributed by atoms with E-state index in [0.29, 0.717) is 27.8 Å². The van der Waals surface area contributed by atoms with Crippen LogP contribution in [-0.2, 0) is 19.9 Å². The van der Waals surface area contributed by atoms with Crippen molar-refractivity contribution in [3.63, 3.8) is 0 Å². The van der Waals surface area contributed by atoms with Crippen LogP contribution in [0.4, 0.5) is 0 Å². The van der Waals surface area contributed by atoms with Gasteiger partial charge in [-0.05, 0) is 75.6 Å². The van der Waals surface area contributed by atoms with E-state index in [1.807, 2.05) is 47.1 Å². The number of aromatic nitrogens is 4. The van der Waals surface area contributed by atoms with Crippen LogP contribution >= 0.6 is 23.2 Å². The van der Waals surface area contributed by atoms with Gasteiger partial charge in [0.25, 0.3) is 5.91 Å². The van der Waals surface area contributed by atoms with Gasteiger partial charge in [-0.1, -0.05) is 23.2 Å². The number of nitrogens with zero attached hydrogens (tertiary/aromatic N) is 5. The summed E-state index contributed by atoms with van der Waals surface area (Å²) in [5, 5.41) is 10.5. The van der Waals surface area contributed by atoms with Gasteiger partial charge in [0.1, 0.15) is 5.75 Å². The molecule has 2 aromatic heterocycles. The normalized spacial score (nSPS) is 12.8. The number of fused-ring (bicyclic) bond motifs is 3. The monoisotopic (exact) mass is 537 g/mol. The molecule has 4 aromatic rings. The van der Waals surface area contributed by atoms with Crippen LogP contribution in [0.5, 0.6) is 5.75 Å². The maximum Gasteiger partial charge on any atom is 0.274 e. The standard InChI is InChI=1S/C28H29Cl2N5O2/c1-28(2,3)34(5)27(36)25-20-8-7-16-11-24(37-6)22(23-9-10-33(4)31-23)15-21(16)26(20)35(32-25)19-13-17(29)12-18(30)14-19/h9-15H,7-8H2,1-6H3. The first-order chi connectivity index (χ1) is 17.5. The van der Waals surface area contributed by atoms with E-state index in [0.717, 1.165) is 45.8 Å². The van der Waals surface area contributed by atoms with Crippen molar-refractivity contribution < 1.29 is 9.53 Å². The number of aryl methyl sites for hydroxylation is 2. The number of hydrogen-bond acceptors (Lipinski definition) is 4. The summed E-state index contributed by atoms with van der Waals surface area (Å²) in [7, 11) is 5.36. The zero-order valence-corrected chi connectivity index (χ0v) is 23.3. The molecule has 0 fully saturated rings. The Morgan fingerprint density at radius 1 is 1.03 bits per heavy atom. The van der Waals surface area contributed by atoms with Gasteiger partial charge in [-0.25, -0.2) is 4.68 Å². The molecule has 0 atom stereocenters. The number of amides is 1. The maximum atomic E-state index is 13.7. The molecule has 0 bridgehead atoms. The van der Waals surface area contributed by atoms with Crippen LogP contribution in [0.3, 0.4) is 0 Å². The van der Waals surface area contributed by atoms with Crippen LogP contribution in [0.15, 0.2) is 42.6 Å². The first-order valence-electron chi connectivity index (χ1n) is 12.1. The number of hydrogen-bond donors (Lipinski definition) is 0. The lowest BCUT2D eigenvalue weighted by molar-refractivity contribution is 0.0648. The van der Waals surface area contributed by atoms with E-state index in [4.69, 9.17) is 33.0 Å². The number of ether oxygens (including phenoxy) is 1. The fourth-order valence-electron chi connectivity index (χ4n) is 4.68. The van der Waals surface area contributed by atoms with Gasteiger partial charge in [0, 0.05) is 52.6 Å². The third kappa shape index (κ3) is 4.51. The molecule has 0 N–H and O–H groups in total. The van der Waals surface area contributed by atoms with Crippen molar-refractivity contribution in [2.24, 2.45) is 7.05 Å². The maximum absolute atomic E-state index is 13.7. The Hall–Kier alpha value is -3.29. The van der Waals surface area contributed by atoms with Crippen LogP contribution in [0.25, 0.3) is 28.2 Å². The third-order valence-electron chi connectivity index (χ3n) is 6.90. The Labute approximate surface area is 226 Å². The van der Waals surface area contributed by atoms with Crippen molar-refractivity contribution in [1.29, 1.82) is 0 Å². The van der Waals surface area contributed by atoms with Crippen molar-refractivity contribution in [3.05, 3.63) is 69.5 Å². The second-order valence-corrected chi connectivity index (χ2v) is 11.2. The molecule has 0 saturated carbocycles. The second kappa shape index (κ2) is 9.23. The van der Waals surface area contributed by atoms with Crippen molar-refractivity contribution in [2.75, 3.05) is 14.2 Å². The Bertz CT molecular complexity index is 1510. The lowest BCUT2D eigenvalue weighted by Crippen LogP contribution is -2.43. The minimum atomic E-state index is -0.362. The van der Waals surface area contributed by atoms with Crippen LogP contribution in [0.2, 0.25) is 10.0 Å². The highest BCUT2D eigenvalue weighted by Crippen LogP contribution is 2.43. The second-order valence-electron chi connectivity index (χ2n) is 10.3. The lowest BCUT2D eigenvalue weighted by atomic mass is 9.86. The van der Waals surface area contributed by atoms with Crippen LogP contribution in [-0.4, -0.2) is 50.1 Å². The number of carbonyl (C=O) groups excluding carboxylic acids is 1. The summed E-state index contributed by atoms with van der Waals surface area (Å²) < 4.78 is 9.31. The summed E-state index contributed by atoms with van der Waals surface area (Å²) in [6.07, 6.45) is 3.32. The summed E-state index contributed by atoms with van der Waals surface area (Å²) in [6.45, 7) is 6.02. The Morgan fingerprint density at radius 2 is 1.73 bits per heavy atom. The molecule has 0 saturated heterocycles. The highest BCUT2D eigenvalue weighted by molar-refractivity contribution is 6.34. The largest absolute Gasteiger partial charge is 0.496 e. The van der Waals surface area contributed by atoms with Gasteiger partial charge in [0.05, 0.1) is 24.2 Å². The SMILES string of the molecule is COc1cc2c(cc1-c1ccn(C)n1)-c1c(c(C(=O)N(C)C(C)(C)C)nn1-c1cc(Cl)cc(Cl)c1)CC2. The fraction of sp³-hybridized carbons (Fsp3) is 0.321. The molecule has 9 heteroatoms. The molecule has 1 aliphatic carbocycles. The van der Waals surface area contributed by atoms with Crippen molar-refractivity contribution >= 4 is 29.1 Å². The molecule has 2 heterocycles. The summed E-state index contributed by atoms with van der Waals surface area (Å²) in [5.41, 5.74) is 6.27. The molecule has 2 aromatic carbocycles. The average molecular weight is 538 g/mol. The number of halogens is 2. The van der Waals surface area contributed by atoms with Crippen LogP contribution in [0.1, 0.15) is 42.4 Å². The van der Waals surface area contributed by atoms with Crippen LogP contribution in [0, 0.1) is 0 Å². The highest BCUT2D eigenvalue weighted by atomic mass is 35.5. The minimum absolute atomic E-state index is 0.127. The van der Waals surface area contributed by atoms with Crippen molar-refractivity contribution in [3.8, 4) is 34.0 Å². The first kappa shape index (κ1) is 25.4. The molecule has 1 aliphatic rings. The molecule has 7 nitrogen and oxygen atoms in total. The molecule has 192 valence electrons. The fourth-order valence-corrected chi connectivity index (χ4v) is 5.20. The van der Waals surface area contributed by atoms with Gasteiger partial charge < -0.3 is 9.64 Å². The molecule has 0 spiro atoms. The van der Waals surface area contributed by atoms with Gasteiger partial charge in [-0.2, -0.15) is 10.2 Å². The lowest BCUT2D eigenvalue weighted by Gasteiger charge is -2.31. The Kier molecular flexibility index (Phi) is 6.32. The van der Waals surface area contributed by atoms with E-state index in [9.17, 15) is 4.79 Å². The van der Waals surface area contributed by atoms with E-state index < -0.39 is 0 Å². The van der Waals surface area contributed by atoms with Gasteiger partial charge >= 0.3 is 0 Å². The van der Waals surface area contributed by atoms with Crippen LogP contribution < -0.4 is 4.74 Å². The van der Waals surface area contributed by atoms with E-state index >= 15 is 0 Å².